The molecule has 0 fully saturated rings. The highest BCUT2D eigenvalue weighted by atomic mass is 16.5. The van der Waals surface area contributed by atoms with Crippen molar-refractivity contribution in [3.05, 3.63) is 42.6 Å². The van der Waals surface area contributed by atoms with Crippen molar-refractivity contribution in [2.45, 2.75) is 0 Å². The first kappa shape index (κ1) is 12.2. The zero-order valence-corrected chi connectivity index (χ0v) is 10.2. The first-order chi connectivity index (χ1) is 8.88. The number of ether oxygens (including phenoxy) is 2. The highest BCUT2D eigenvalue weighted by Gasteiger charge is 1.98. The van der Waals surface area contributed by atoms with Crippen LogP contribution < -0.4 is 14.8 Å². The summed E-state index contributed by atoms with van der Waals surface area (Å²) >= 11 is 0. The van der Waals surface area contributed by atoms with Gasteiger partial charge in [-0.2, -0.15) is 4.98 Å². The molecule has 0 atom stereocenters. The molecule has 1 aromatic carbocycles. The molecule has 1 N–H and O–H groups in total. The predicted molar refractivity (Wildman–Crippen MR) is 69.0 cm³/mol. The third kappa shape index (κ3) is 3.62. The normalized spacial score (nSPS) is 9.83. The van der Waals surface area contributed by atoms with E-state index >= 15 is 0 Å². The van der Waals surface area contributed by atoms with Crippen LogP contribution in [0, 0.1) is 0 Å². The molecule has 0 aliphatic carbocycles. The summed E-state index contributed by atoms with van der Waals surface area (Å²) in [7, 11) is 1.54. The molecule has 5 heteroatoms. The molecule has 0 spiro atoms. The van der Waals surface area contributed by atoms with Gasteiger partial charge in [-0.3, -0.25) is 0 Å². The summed E-state index contributed by atoms with van der Waals surface area (Å²) in [6, 6.07) is 11.8. The fourth-order valence-electron chi connectivity index (χ4n) is 1.40. The Labute approximate surface area is 106 Å². The van der Waals surface area contributed by atoms with Gasteiger partial charge in [0.1, 0.15) is 18.2 Å². The zero-order valence-electron chi connectivity index (χ0n) is 10.2. The van der Waals surface area contributed by atoms with E-state index in [2.05, 4.69) is 15.3 Å². The summed E-state index contributed by atoms with van der Waals surface area (Å²) in [6.07, 6.45) is 1.65. The lowest BCUT2D eigenvalue weighted by Crippen LogP contribution is -2.12. The largest absolute Gasteiger partial charge is 0.492 e. The van der Waals surface area contributed by atoms with E-state index in [1.54, 1.807) is 12.3 Å². The van der Waals surface area contributed by atoms with Gasteiger partial charge < -0.3 is 14.8 Å². The second kappa shape index (κ2) is 6.44. The van der Waals surface area contributed by atoms with E-state index in [4.69, 9.17) is 9.47 Å². The average Bonchev–Trinajstić information content (AvgIpc) is 2.45. The topological polar surface area (TPSA) is 56.3 Å². The summed E-state index contributed by atoms with van der Waals surface area (Å²) in [5, 5.41) is 3.13. The van der Waals surface area contributed by atoms with E-state index in [-0.39, 0.29) is 0 Å². The lowest BCUT2D eigenvalue weighted by Gasteiger charge is -2.08. The van der Waals surface area contributed by atoms with E-state index in [1.807, 2.05) is 30.3 Å². The van der Waals surface area contributed by atoms with Crippen molar-refractivity contribution in [3.8, 4) is 11.8 Å². The molecule has 2 aromatic rings. The Morgan fingerprint density at radius 3 is 2.78 bits per heavy atom. The lowest BCUT2D eigenvalue weighted by atomic mass is 10.3. The number of aromatic nitrogens is 2. The van der Waals surface area contributed by atoms with E-state index in [9.17, 15) is 0 Å². The number of nitrogens with zero attached hydrogens (tertiary/aromatic N) is 2. The summed E-state index contributed by atoms with van der Waals surface area (Å²) in [5.41, 5.74) is 0. The Morgan fingerprint density at radius 1 is 1.17 bits per heavy atom. The maximum Gasteiger partial charge on any atom is 0.318 e. The number of hydrogen-bond donors (Lipinski definition) is 1. The minimum atomic E-state index is 0.351. The van der Waals surface area contributed by atoms with Crippen LogP contribution in [-0.4, -0.2) is 30.2 Å². The number of rotatable bonds is 6. The Hall–Kier alpha value is -2.30. The van der Waals surface area contributed by atoms with Crippen molar-refractivity contribution in [1.82, 2.24) is 9.97 Å². The number of benzene rings is 1. The zero-order chi connectivity index (χ0) is 12.6. The molecule has 0 radical (unpaired) electrons. The molecule has 0 saturated carbocycles. The van der Waals surface area contributed by atoms with E-state index in [1.165, 1.54) is 7.11 Å². The van der Waals surface area contributed by atoms with Crippen LogP contribution >= 0.6 is 0 Å². The molecule has 0 aliphatic rings. The third-order valence-electron chi connectivity index (χ3n) is 2.24. The van der Waals surface area contributed by atoms with Crippen LogP contribution in [0.2, 0.25) is 0 Å². The van der Waals surface area contributed by atoms with Gasteiger partial charge in [0.05, 0.1) is 13.7 Å². The second-order valence-corrected chi connectivity index (χ2v) is 3.52. The molecule has 18 heavy (non-hydrogen) atoms. The number of anilines is 1. The summed E-state index contributed by atoms with van der Waals surface area (Å²) in [6.45, 7) is 1.23. The molecule has 1 heterocycles. The molecule has 5 nitrogen and oxygen atoms in total. The molecule has 94 valence electrons. The van der Waals surface area contributed by atoms with Gasteiger partial charge in [0.15, 0.2) is 0 Å². The molecule has 0 aliphatic heterocycles. The monoisotopic (exact) mass is 245 g/mol. The van der Waals surface area contributed by atoms with Crippen molar-refractivity contribution >= 4 is 5.82 Å². The molecular formula is C13H15N3O2. The summed E-state index contributed by atoms with van der Waals surface area (Å²) < 4.78 is 10.5. The van der Waals surface area contributed by atoms with Crippen LogP contribution in [0.25, 0.3) is 0 Å². The van der Waals surface area contributed by atoms with Crippen LogP contribution in [0.15, 0.2) is 42.6 Å². The Balaban J connectivity index is 1.75. The molecule has 2 rings (SSSR count). The van der Waals surface area contributed by atoms with Crippen molar-refractivity contribution < 1.29 is 9.47 Å². The molecule has 0 amide bonds. The van der Waals surface area contributed by atoms with Crippen LogP contribution in [0.4, 0.5) is 5.82 Å². The van der Waals surface area contributed by atoms with Crippen LogP contribution in [0.1, 0.15) is 0 Å². The van der Waals surface area contributed by atoms with Crippen LogP contribution in [0.3, 0.4) is 0 Å². The number of para-hydroxylation sites is 1. The molecule has 0 saturated heterocycles. The van der Waals surface area contributed by atoms with Gasteiger partial charge in [-0.15, -0.1) is 0 Å². The average molecular weight is 245 g/mol. The SMILES string of the molecule is COc1nccc(NCCOc2ccccc2)n1. The molecule has 0 bridgehead atoms. The van der Waals surface area contributed by atoms with E-state index in [0.29, 0.717) is 19.2 Å². The number of methoxy groups -OCH3 is 1. The van der Waals surface area contributed by atoms with Gasteiger partial charge in [0.25, 0.3) is 0 Å². The molecule has 1 aromatic heterocycles. The maximum atomic E-state index is 5.55. The van der Waals surface area contributed by atoms with Gasteiger partial charge in [-0.25, -0.2) is 4.98 Å². The van der Waals surface area contributed by atoms with Crippen molar-refractivity contribution in [2.24, 2.45) is 0 Å². The van der Waals surface area contributed by atoms with Crippen molar-refractivity contribution in [1.29, 1.82) is 0 Å². The van der Waals surface area contributed by atoms with Crippen LogP contribution in [0.5, 0.6) is 11.8 Å². The minimum Gasteiger partial charge on any atom is -0.492 e. The van der Waals surface area contributed by atoms with E-state index in [0.717, 1.165) is 11.6 Å². The quantitative estimate of drug-likeness (QED) is 0.788. The fraction of sp³-hybridized carbons (Fsp3) is 0.231. The van der Waals surface area contributed by atoms with Crippen molar-refractivity contribution in [3.63, 3.8) is 0 Å². The maximum absolute atomic E-state index is 5.55. The van der Waals surface area contributed by atoms with Gasteiger partial charge in [-0.1, -0.05) is 18.2 Å². The molecule has 0 unspecified atom stereocenters. The summed E-state index contributed by atoms with van der Waals surface area (Å²) in [4.78, 5) is 8.06. The lowest BCUT2D eigenvalue weighted by molar-refractivity contribution is 0.332. The third-order valence-corrected chi connectivity index (χ3v) is 2.24. The minimum absolute atomic E-state index is 0.351. The smallest absolute Gasteiger partial charge is 0.318 e. The van der Waals surface area contributed by atoms with Gasteiger partial charge in [-0.05, 0) is 18.2 Å². The Morgan fingerprint density at radius 2 is 2.00 bits per heavy atom. The number of hydrogen-bond acceptors (Lipinski definition) is 5. The fourth-order valence-corrected chi connectivity index (χ4v) is 1.40. The molecular weight excluding hydrogens is 230 g/mol. The highest BCUT2D eigenvalue weighted by Crippen LogP contribution is 2.09. The first-order valence-electron chi connectivity index (χ1n) is 5.67. The van der Waals surface area contributed by atoms with Crippen LogP contribution in [-0.2, 0) is 0 Å². The predicted octanol–water partition coefficient (Wildman–Crippen LogP) is 1.98. The van der Waals surface area contributed by atoms with E-state index < -0.39 is 0 Å². The Kier molecular flexibility index (Phi) is 4.35. The summed E-state index contributed by atoms with van der Waals surface area (Å²) in [5.74, 6) is 1.58. The van der Waals surface area contributed by atoms with Gasteiger partial charge >= 0.3 is 6.01 Å². The highest BCUT2D eigenvalue weighted by molar-refractivity contribution is 5.33. The standard InChI is InChI=1S/C13H15N3O2/c1-17-13-15-8-7-12(16-13)14-9-10-18-11-5-3-2-4-6-11/h2-8H,9-10H2,1H3,(H,14,15,16). The first-order valence-corrected chi connectivity index (χ1v) is 5.67. The van der Waals surface area contributed by atoms with Gasteiger partial charge in [0, 0.05) is 6.20 Å². The Bertz CT molecular complexity index is 477. The van der Waals surface area contributed by atoms with Crippen molar-refractivity contribution in [2.75, 3.05) is 25.6 Å². The second-order valence-electron chi connectivity index (χ2n) is 3.52. The van der Waals surface area contributed by atoms with Gasteiger partial charge in [0.2, 0.25) is 0 Å². The number of nitrogens with one attached hydrogen (secondary N) is 1.